The molecule has 3 nitrogen and oxygen atoms in total. The molecule has 0 amide bonds. The van der Waals surface area contributed by atoms with E-state index in [1.807, 2.05) is 6.07 Å². The van der Waals surface area contributed by atoms with Crippen LogP contribution in [0.5, 0.6) is 0 Å². The molecule has 89 valence electrons. The van der Waals surface area contributed by atoms with Gasteiger partial charge in [-0.05, 0) is 40.2 Å². The molecule has 0 saturated heterocycles. The fourth-order valence-electron chi connectivity index (χ4n) is 1.56. The van der Waals surface area contributed by atoms with E-state index in [2.05, 4.69) is 61.6 Å². The molecule has 0 fully saturated rings. The van der Waals surface area contributed by atoms with E-state index < -0.39 is 9.36 Å². The van der Waals surface area contributed by atoms with E-state index in [0.717, 1.165) is 13.0 Å². The normalized spacial score (nSPS) is 11.7. The molecule has 0 aliphatic heterocycles. The second-order valence-electron chi connectivity index (χ2n) is 4.16. The Labute approximate surface area is 101 Å². The first kappa shape index (κ1) is 13.4. The summed E-state index contributed by atoms with van der Waals surface area (Å²) in [4.78, 5) is 0. The summed E-state index contributed by atoms with van der Waals surface area (Å²) in [5.74, 6) is 0. The molecule has 16 heavy (non-hydrogen) atoms. The molecule has 4 heteroatoms. The molecule has 0 heterocycles. The summed E-state index contributed by atoms with van der Waals surface area (Å²) in [5, 5.41) is 0. The van der Waals surface area contributed by atoms with E-state index >= 15 is 0 Å². The lowest BCUT2D eigenvalue weighted by Crippen LogP contribution is -2.48. The Morgan fingerprint density at radius 2 is 1.56 bits per heavy atom. The Bertz CT molecular complexity index is 282. The lowest BCUT2D eigenvalue weighted by Gasteiger charge is -2.26. The van der Waals surface area contributed by atoms with Crippen LogP contribution in [0.15, 0.2) is 30.3 Å². The van der Waals surface area contributed by atoms with Gasteiger partial charge in [0.15, 0.2) is 0 Å². The lowest BCUT2D eigenvalue weighted by atomic mass is 10.2. The molecule has 1 rings (SSSR count). The van der Waals surface area contributed by atoms with Crippen molar-refractivity contribution in [3.05, 3.63) is 35.9 Å². The van der Waals surface area contributed by atoms with Gasteiger partial charge < -0.3 is 4.43 Å². The van der Waals surface area contributed by atoms with Gasteiger partial charge in [0.25, 0.3) is 0 Å². The quantitative estimate of drug-likeness (QED) is 0.695. The highest BCUT2D eigenvalue weighted by Gasteiger charge is 2.20. The van der Waals surface area contributed by atoms with Crippen molar-refractivity contribution in [2.75, 3.05) is 34.8 Å². The molecule has 0 atom stereocenters. The third-order valence-electron chi connectivity index (χ3n) is 2.23. The number of nitrogens with zero attached hydrogens (tertiary/aromatic N) is 2. The zero-order valence-corrected chi connectivity index (χ0v) is 11.6. The summed E-state index contributed by atoms with van der Waals surface area (Å²) in [7, 11) is 7.28. The Balaban J connectivity index is 2.34. The molecule has 0 aliphatic rings. The number of hydrogen-bond acceptors (Lipinski definition) is 3. The number of rotatable bonds is 6. The van der Waals surface area contributed by atoms with Gasteiger partial charge in [-0.1, -0.05) is 30.3 Å². The van der Waals surface area contributed by atoms with Crippen LogP contribution in [-0.4, -0.2) is 53.3 Å². The number of benzene rings is 1. The van der Waals surface area contributed by atoms with Crippen LogP contribution in [0.3, 0.4) is 0 Å². The highest BCUT2D eigenvalue weighted by atomic mass is 28.3. The Hall–Kier alpha value is -0.683. The molecule has 0 N–H and O–H groups in total. The molecule has 1 radical (unpaired) electrons. The average molecular weight is 237 g/mol. The van der Waals surface area contributed by atoms with Gasteiger partial charge in [0.1, 0.15) is 0 Å². The molecule has 0 aliphatic carbocycles. The van der Waals surface area contributed by atoms with Crippen LogP contribution in [0.2, 0.25) is 0 Å². The van der Waals surface area contributed by atoms with Crippen LogP contribution < -0.4 is 0 Å². The minimum atomic E-state index is -0.982. The van der Waals surface area contributed by atoms with Crippen LogP contribution >= 0.6 is 0 Å². The molecule has 0 saturated carbocycles. The maximum Gasteiger partial charge on any atom is 0.406 e. The van der Waals surface area contributed by atoms with E-state index in [0.29, 0.717) is 0 Å². The Kier molecular flexibility index (Phi) is 5.69. The molecule has 1 aromatic carbocycles. The third-order valence-corrected chi connectivity index (χ3v) is 4.22. The summed E-state index contributed by atoms with van der Waals surface area (Å²) < 4.78 is 10.2. The molecular weight excluding hydrogens is 216 g/mol. The third kappa shape index (κ3) is 4.45. The van der Waals surface area contributed by atoms with Crippen LogP contribution in [0.4, 0.5) is 0 Å². The van der Waals surface area contributed by atoms with Crippen molar-refractivity contribution in [3.8, 4) is 0 Å². The van der Waals surface area contributed by atoms with Crippen LogP contribution in [0.1, 0.15) is 5.56 Å². The van der Waals surface area contributed by atoms with Gasteiger partial charge in [-0.3, -0.25) is 9.13 Å². The smallest absolute Gasteiger partial charge is 0.390 e. The van der Waals surface area contributed by atoms with Crippen molar-refractivity contribution in [2.24, 2.45) is 0 Å². The molecule has 0 bridgehead atoms. The summed E-state index contributed by atoms with van der Waals surface area (Å²) >= 11 is 0. The Morgan fingerprint density at radius 3 is 2.06 bits per heavy atom. The molecular formula is C12H21N2OSi. The zero-order valence-electron chi connectivity index (χ0n) is 10.6. The first-order valence-electron chi connectivity index (χ1n) is 5.49. The monoisotopic (exact) mass is 237 g/mol. The van der Waals surface area contributed by atoms with Gasteiger partial charge in [0, 0.05) is 6.61 Å². The van der Waals surface area contributed by atoms with E-state index in [-0.39, 0.29) is 0 Å². The topological polar surface area (TPSA) is 15.7 Å². The highest BCUT2D eigenvalue weighted by molar-refractivity contribution is 6.44. The van der Waals surface area contributed by atoms with Crippen molar-refractivity contribution in [3.63, 3.8) is 0 Å². The summed E-state index contributed by atoms with van der Waals surface area (Å²) in [6.45, 7) is 0.786. The first-order valence-corrected chi connectivity index (χ1v) is 6.80. The van der Waals surface area contributed by atoms with Crippen molar-refractivity contribution in [1.82, 2.24) is 9.13 Å². The summed E-state index contributed by atoms with van der Waals surface area (Å²) in [6.07, 6.45) is 0.983. The van der Waals surface area contributed by atoms with Crippen molar-refractivity contribution >= 4 is 9.36 Å². The van der Waals surface area contributed by atoms with Crippen LogP contribution in [0.25, 0.3) is 0 Å². The minimum absolute atomic E-state index is 0.786. The number of hydrogen-bond donors (Lipinski definition) is 0. The fourth-order valence-corrected chi connectivity index (χ4v) is 3.16. The fraction of sp³-hybridized carbons (Fsp3) is 0.500. The van der Waals surface area contributed by atoms with E-state index in [4.69, 9.17) is 4.43 Å². The second-order valence-corrected chi connectivity index (χ2v) is 6.80. The Morgan fingerprint density at radius 1 is 1.00 bits per heavy atom. The second kappa shape index (κ2) is 6.80. The van der Waals surface area contributed by atoms with Gasteiger partial charge in [-0.15, -0.1) is 0 Å². The van der Waals surface area contributed by atoms with E-state index in [1.54, 1.807) is 0 Å². The van der Waals surface area contributed by atoms with Crippen molar-refractivity contribution < 1.29 is 4.43 Å². The largest absolute Gasteiger partial charge is 0.406 e. The highest BCUT2D eigenvalue weighted by Crippen LogP contribution is 2.01. The molecule has 0 unspecified atom stereocenters. The van der Waals surface area contributed by atoms with Gasteiger partial charge in [-0.2, -0.15) is 0 Å². The minimum Gasteiger partial charge on any atom is -0.390 e. The van der Waals surface area contributed by atoms with Gasteiger partial charge in [0.05, 0.1) is 0 Å². The van der Waals surface area contributed by atoms with Crippen LogP contribution in [0, 0.1) is 0 Å². The van der Waals surface area contributed by atoms with E-state index in [1.165, 1.54) is 5.56 Å². The van der Waals surface area contributed by atoms with Gasteiger partial charge >= 0.3 is 9.36 Å². The average Bonchev–Trinajstić information content (AvgIpc) is 2.24. The van der Waals surface area contributed by atoms with E-state index in [9.17, 15) is 0 Å². The summed E-state index contributed by atoms with van der Waals surface area (Å²) in [6, 6.07) is 10.5. The maximum absolute atomic E-state index is 5.92. The lowest BCUT2D eigenvalue weighted by molar-refractivity contribution is 0.246. The van der Waals surface area contributed by atoms with Crippen molar-refractivity contribution in [1.29, 1.82) is 0 Å². The van der Waals surface area contributed by atoms with Crippen LogP contribution in [-0.2, 0) is 10.8 Å². The predicted molar refractivity (Wildman–Crippen MR) is 69.2 cm³/mol. The molecule has 0 aromatic heterocycles. The standard InChI is InChI=1S/C12H21N2OSi/c1-13(2)16(14(3)4)15-11-10-12-8-6-5-7-9-12/h5-9H,10-11H2,1-4H3. The first-order chi connectivity index (χ1) is 7.61. The maximum atomic E-state index is 5.92. The van der Waals surface area contributed by atoms with Crippen molar-refractivity contribution in [2.45, 2.75) is 6.42 Å². The van der Waals surface area contributed by atoms with Gasteiger partial charge in [-0.25, -0.2) is 0 Å². The molecule has 0 spiro atoms. The zero-order chi connectivity index (χ0) is 12.0. The predicted octanol–water partition coefficient (Wildman–Crippen LogP) is 1.35. The summed E-state index contributed by atoms with van der Waals surface area (Å²) in [5.41, 5.74) is 1.33. The molecule has 1 aromatic rings. The van der Waals surface area contributed by atoms with Gasteiger partial charge in [0.2, 0.25) is 0 Å². The SMILES string of the molecule is CN(C)[Si](OCCc1ccccc1)N(C)C.